The van der Waals surface area contributed by atoms with Gasteiger partial charge in [-0.1, -0.05) is 0 Å². The summed E-state index contributed by atoms with van der Waals surface area (Å²) in [5, 5.41) is 3.14. The molecule has 9 heteroatoms. The van der Waals surface area contributed by atoms with Crippen LogP contribution in [0.4, 0.5) is 4.79 Å². The van der Waals surface area contributed by atoms with Crippen LogP contribution in [-0.4, -0.2) is 60.3 Å². The number of fused-ring (bicyclic) bond motifs is 3. The number of hydrogen-bond acceptors (Lipinski definition) is 7. The van der Waals surface area contributed by atoms with E-state index in [4.69, 9.17) is 19.9 Å². The second-order valence-electron chi connectivity index (χ2n) is 10.6. The van der Waals surface area contributed by atoms with Gasteiger partial charge in [0.15, 0.2) is 18.1 Å². The molecule has 2 aliphatic heterocycles. The zero-order valence-corrected chi connectivity index (χ0v) is 21.7. The van der Waals surface area contributed by atoms with Crippen molar-refractivity contribution in [3.8, 4) is 11.5 Å². The Bertz CT molecular complexity index is 1130. The van der Waals surface area contributed by atoms with Gasteiger partial charge in [-0.2, -0.15) is 0 Å². The molecule has 2 aromatic rings. The van der Waals surface area contributed by atoms with Crippen molar-refractivity contribution in [2.75, 3.05) is 26.8 Å². The minimum atomic E-state index is -0.589. The van der Waals surface area contributed by atoms with Crippen molar-refractivity contribution < 1.29 is 23.8 Å². The van der Waals surface area contributed by atoms with E-state index in [2.05, 4.69) is 28.2 Å². The fourth-order valence-corrected chi connectivity index (χ4v) is 5.14. The lowest BCUT2D eigenvalue weighted by Crippen LogP contribution is -2.53. The quantitative estimate of drug-likeness (QED) is 0.631. The molecule has 3 heterocycles. The van der Waals surface area contributed by atoms with Crippen LogP contribution in [0.5, 0.6) is 11.5 Å². The van der Waals surface area contributed by atoms with Gasteiger partial charge in [-0.3, -0.25) is 14.7 Å². The molecule has 0 saturated carbocycles. The Balaban J connectivity index is 1.65. The second kappa shape index (κ2) is 10.3. The molecular weight excluding hydrogens is 460 g/mol. The fraction of sp³-hybridized carbons (Fsp3) is 0.519. The first-order chi connectivity index (χ1) is 17.0. The molecule has 0 bridgehead atoms. The van der Waals surface area contributed by atoms with E-state index >= 15 is 0 Å². The fourth-order valence-electron chi connectivity index (χ4n) is 5.14. The highest BCUT2D eigenvalue weighted by atomic mass is 16.6. The highest BCUT2D eigenvalue weighted by Gasteiger charge is 2.41. The number of nitrogens with zero attached hydrogens (tertiary/aromatic N) is 2. The van der Waals surface area contributed by atoms with E-state index in [1.807, 2.05) is 45.2 Å². The van der Waals surface area contributed by atoms with Crippen LogP contribution in [-0.2, 0) is 16.0 Å². The number of carbonyl (C=O) groups excluding carboxylic acids is 2. The molecule has 1 fully saturated rings. The number of benzene rings is 1. The summed E-state index contributed by atoms with van der Waals surface area (Å²) in [6.07, 6.45) is 2.92. The highest BCUT2D eigenvalue weighted by molar-refractivity contribution is 5.75. The molecule has 0 unspecified atom stereocenters. The van der Waals surface area contributed by atoms with Crippen LogP contribution >= 0.6 is 0 Å². The number of pyridine rings is 1. The number of primary amides is 1. The van der Waals surface area contributed by atoms with Gasteiger partial charge in [0.1, 0.15) is 5.60 Å². The lowest BCUT2D eigenvalue weighted by molar-refractivity contribution is -0.119. The Morgan fingerprint density at radius 2 is 2.00 bits per heavy atom. The minimum absolute atomic E-state index is 0.0234. The van der Waals surface area contributed by atoms with Gasteiger partial charge in [0.25, 0.3) is 5.91 Å². The molecule has 0 radical (unpaired) electrons. The van der Waals surface area contributed by atoms with Crippen LogP contribution < -0.4 is 20.5 Å². The number of amides is 2. The van der Waals surface area contributed by atoms with Crippen LogP contribution in [0.15, 0.2) is 30.5 Å². The van der Waals surface area contributed by atoms with Crippen LogP contribution in [0.1, 0.15) is 61.5 Å². The number of piperidine rings is 1. The SMILES string of the molecule is COc1cc2c(cc1OCC(N)=O)CCN1C[C@@H](c3cc(C)ccn3)[C@H](NC(=O)OC(C)(C)C)C[C@H]21. The molecule has 0 spiro atoms. The monoisotopic (exact) mass is 496 g/mol. The Kier molecular flexibility index (Phi) is 7.40. The van der Waals surface area contributed by atoms with E-state index in [0.717, 1.165) is 41.9 Å². The highest BCUT2D eigenvalue weighted by Crippen LogP contribution is 2.44. The van der Waals surface area contributed by atoms with Gasteiger partial charge in [-0.15, -0.1) is 0 Å². The molecule has 2 aliphatic rings. The van der Waals surface area contributed by atoms with E-state index in [-0.39, 0.29) is 24.6 Å². The predicted molar refractivity (Wildman–Crippen MR) is 135 cm³/mol. The molecule has 4 rings (SSSR count). The van der Waals surface area contributed by atoms with Gasteiger partial charge in [0.2, 0.25) is 0 Å². The number of hydrogen-bond donors (Lipinski definition) is 2. The Morgan fingerprint density at radius 1 is 1.22 bits per heavy atom. The summed E-state index contributed by atoms with van der Waals surface area (Å²) in [7, 11) is 1.58. The Labute approximate surface area is 212 Å². The van der Waals surface area contributed by atoms with Crippen molar-refractivity contribution in [2.45, 2.75) is 64.1 Å². The van der Waals surface area contributed by atoms with Crippen LogP contribution in [0.3, 0.4) is 0 Å². The molecule has 9 nitrogen and oxygen atoms in total. The summed E-state index contributed by atoms with van der Waals surface area (Å²) in [5.74, 6) is 0.538. The molecule has 36 heavy (non-hydrogen) atoms. The number of aryl methyl sites for hydroxylation is 1. The van der Waals surface area contributed by atoms with Crippen LogP contribution in [0, 0.1) is 6.92 Å². The molecule has 194 valence electrons. The third kappa shape index (κ3) is 5.90. The second-order valence-corrected chi connectivity index (χ2v) is 10.6. The topological polar surface area (TPSA) is 116 Å². The summed E-state index contributed by atoms with van der Waals surface area (Å²) in [6, 6.07) is 7.91. The number of ether oxygens (including phenoxy) is 3. The van der Waals surface area contributed by atoms with Crippen molar-refractivity contribution in [3.63, 3.8) is 0 Å². The zero-order chi connectivity index (χ0) is 26.0. The largest absolute Gasteiger partial charge is 0.493 e. The average molecular weight is 497 g/mol. The number of nitrogens with two attached hydrogens (primary N) is 1. The molecule has 1 saturated heterocycles. The van der Waals surface area contributed by atoms with E-state index in [1.165, 1.54) is 0 Å². The molecule has 1 aromatic heterocycles. The molecule has 1 aromatic carbocycles. The maximum Gasteiger partial charge on any atom is 0.407 e. The number of rotatable bonds is 6. The number of aromatic nitrogens is 1. The van der Waals surface area contributed by atoms with Crippen molar-refractivity contribution in [2.24, 2.45) is 5.73 Å². The van der Waals surface area contributed by atoms with Gasteiger partial charge in [0, 0.05) is 43.0 Å². The first-order valence-corrected chi connectivity index (χ1v) is 12.3. The predicted octanol–water partition coefficient (Wildman–Crippen LogP) is 3.24. The lowest BCUT2D eigenvalue weighted by atomic mass is 9.79. The first kappa shape index (κ1) is 25.8. The van der Waals surface area contributed by atoms with Crippen molar-refractivity contribution in [1.82, 2.24) is 15.2 Å². The van der Waals surface area contributed by atoms with Gasteiger partial charge in [-0.25, -0.2) is 4.79 Å². The molecule has 3 N–H and O–H groups in total. The molecular formula is C27H36N4O5. The van der Waals surface area contributed by atoms with Crippen LogP contribution in [0.25, 0.3) is 0 Å². The Hall–Kier alpha value is -3.33. The number of methoxy groups -OCH3 is 1. The normalized spacial score (nSPS) is 21.6. The molecule has 3 atom stereocenters. The summed E-state index contributed by atoms with van der Waals surface area (Å²) in [5.41, 5.74) is 9.04. The van der Waals surface area contributed by atoms with Crippen molar-refractivity contribution in [3.05, 3.63) is 52.8 Å². The Morgan fingerprint density at radius 3 is 2.67 bits per heavy atom. The smallest absolute Gasteiger partial charge is 0.407 e. The van der Waals surface area contributed by atoms with E-state index < -0.39 is 17.6 Å². The summed E-state index contributed by atoms with van der Waals surface area (Å²) >= 11 is 0. The first-order valence-electron chi connectivity index (χ1n) is 12.3. The number of nitrogens with one attached hydrogen (secondary N) is 1. The molecule has 2 amide bonds. The van der Waals surface area contributed by atoms with E-state index in [0.29, 0.717) is 17.9 Å². The third-order valence-electron chi connectivity index (χ3n) is 6.68. The number of alkyl carbamates (subject to hydrolysis) is 1. The maximum absolute atomic E-state index is 12.8. The van der Waals surface area contributed by atoms with Gasteiger partial charge >= 0.3 is 6.09 Å². The summed E-state index contributed by atoms with van der Waals surface area (Å²) in [4.78, 5) is 31.1. The van der Waals surface area contributed by atoms with Gasteiger partial charge in [0.05, 0.1) is 7.11 Å². The average Bonchev–Trinajstić information content (AvgIpc) is 2.80. The number of carbonyl (C=O) groups is 2. The zero-order valence-electron chi connectivity index (χ0n) is 21.7. The molecule has 0 aliphatic carbocycles. The summed E-state index contributed by atoms with van der Waals surface area (Å²) in [6.45, 7) is 9.03. The van der Waals surface area contributed by atoms with E-state index in [9.17, 15) is 9.59 Å². The van der Waals surface area contributed by atoms with Crippen LogP contribution in [0.2, 0.25) is 0 Å². The van der Waals surface area contributed by atoms with Gasteiger partial charge in [-0.05, 0) is 81.5 Å². The maximum atomic E-state index is 12.8. The van der Waals surface area contributed by atoms with E-state index in [1.54, 1.807) is 7.11 Å². The third-order valence-corrected chi connectivity index (χ3v) is 6.68. The van der Waals surface area contributed by atoms with Gasteiger partial charge < -0.3 is 25.3 Å². The van der Waals surface area contributed by atoms with Crippen molar-refractivity contribution in [1.29, 1.82) is 0 Å². The standard InChI is InChI=1S/C27H36N4O5/c1-16-6-8-29-20(10-16)19-14-31-9-7-17-11-24(35-15-25(28)32)23(34-5)12-18(17)22(31)13-21(19)30-26(33)36-27(2,3)4/h6,8,10-12,19,21-22H,7,9,13-15H2,1-5H3,(H2,28,32)(H,30,33)/t19-,21+,22+/m0/s1. The summed E-state index contributed by atoms with van der Waals surface area (Å²) < 4.78 is 16.8. The van der Waals surface area contributed by atoms with Crippen molar-refractivity contribution >= 4 is 12.0 Å². The minimum Gasteiger partial charge on any atom is -0.493 e. The lowest BCUT2D eigenvalue weighted by Gasteiger charge is -2.47.